The largest absolute Gasteiger partial charge is 0.478 e. The molecule has 1 rings (SSSR count). The van der Waals surface area contributed by atoms with Gasteiger partial charge in [-0.3, -0.25) is 9.36 Å². The molecule has 0 radical (unpaired) electrons. The number of allylic oxidation sites excluding steroid dienone is 1. The van der Waals surface area contributed by atoms with E-state index in [0.29, 0.717) is 10.9 Å². The molecule has 86 valence electrons. The van der Waals surface area contributed by atoms with E-state index < -0.39 is 5.97 Å². The second-order valence-electron chi connectivity index (χ2n) is 3.09. The van der Waals surface area contributed by atoms with Gasteiger partial charge in [0.05, 0.1) is 6.33 Å². The van der Waals surface area contributed by atoms with Crippen LogP contribution >= 0.6 is 15.9 Å². The van der Waals surface area contributed by atoms with Gasteiger partial charge in [0.1, 0.15) is 4.47 Å². The highest BCUT2D eigenvalue weighted by Gasteiger charge is 2.04. The van der Waals surface area contributed by atoms with Gasteiger partial charge in [-0.1, -0.05) is 13.0 Å². The van der Waals surface area contributed by atoms with Gasteiger partial charge in [0, 0.05) is 18.3 Å². The summed E-state index contributed by atoms with van der Waals surface area (Å²) in [7, 11) is 0. The van der Waals surface area contributed by atoms with E-state index in [1.54, 1.807) is 6.92 Å². The van der Waals surface area contributed by atoms with Crippen LogP contribution in [-0.4, -0.2) is 20.6 Å². The number of aliphatic carboxylic acids is 1. The summed E-state index contributed by atoms with van der Waals surface area (Å²) >= 11 is 3.07. The van der Waals surface area contributed by atoms with Gasteiger partial charge in [-0.2, -0.15) is 0 Å². The Labute approximate surface area is 101 Å². The van der Waals surface area contributed by atoms with Crippen molar-refractivity contribution in [2.75, 3.05) is 0 Å². The summed E-state index contributed by atoms with van der Waals surface area (Å²) < 4.78 is 1.69. The molecule has 0 atom stereocenters. The molecule has 6 heteroatoms. The third-order valence-electron chi connectivity index (χ3n) is 2.05. The molecule has 1 aromatic heterocycles. The van der Waals surface area contributed by atoms with Crippen LogP contribution in [-0.2, 0) is 11.3 Å². The molecule has 5 nitrogen and oxygen atoms in total. The molecule has 0 aromatic carbocycles. The maximum absolute atomic E-state index is 11.5. The lowest BCUT2D eigenvalue weighted by Crippen LogP contribution is -2.20. The highest BCUT2D eigenvalue weighted by atomic mass is 79.9. The van der Waals surface area contributed by atoms with E-state index in [0.717, 1.165) is 0 Å². The van der Waals surface area contributed by atoms with Gasteiger partial charge >= 0.3 is 5.97 Å². The van der Waals surface area contributed by atoms with E-state index in [1.807, 2.05) is 0 Å². The molecule has 0 spiro atoms. The van der Waals surface area contributed by atoms with E-state index in [9.17, 15) is 9.59 Å². The van der Waals surface area contributed by atoms with Crippen LogP contribution in [0.5, 0.6) is 0 Å². The summed E-state index contributed by atoms with van der Waals surface area (Å²) in [6.45, 7) is 1.96. The number of carbonyl (C=O) groups is 1. The molecule has 16 heavy (non-hydrogen) atoms. The monoisotopic (exact) mass is 286 g/mol. The summed E-state index contributed by atoms with van der Waals surface area (Å²) in [6, 6.07) is 0. The number of nitrogens with zero attached hydrogens (tertiary/aromatic N) is 2. The SMILES string of the molecule is CCC(=CCn1cncc(Br)c1=O)C(=O)O. The first-order valence-electron chi connectivity index (χ1n) is 4.68. The molecule has 0 saturated heterocycles. The van der Waals surface area contributed by atoms with Crippen LogP contribution in [0.15, 0.2) is 33.4 Å². The molecule has 0 fully saturated rings. The van der Waals surface area contributed by atoms with Gasteiger partial charge in [-0.15, -0.1) is 0 Å². The zero-order valence-electron chi connectivity index (χ0n) is 8.68. The average Bonchev–Trinajstić information content (AvgIpc) is 2.24. The van der Waals surface area contributed by atoms with Crippen molar-refractivity contribution in [2.45, 2.75) is 19.9 Å². The normalized spacial score (nSPS) is 11.5. The second-order valence-corrected chi connectivity index (χ2v) is 3.94. The first-order valence-corrected chi connectivity index (χ1v) is 5.47. The number of halogens is 1. The van der Waals surface area contributed by atoms with Crippen molar-refractivity contribution in [1.29, 1.82) is 0 Å². The third kappa shape index (κ3) is 3.03. The quantitative estimate of drug-likeness (QED) is 0.850. The van der Waals surface area contributed by atoms with Crippen molar-refractivity contribution in [3.05, 3.63) is 39.0 Å². The summed E-state index contributed by atoms with van der Waals surface area (Å²) in [6.07, 6.45) is 4.71. The van der Waals surface area contributed by atoms with Crippen LogP contribution in [0.25, 0.3) is 0 Å². The Morgan fingerprint density at radius 2 is 2.38 bits per heavy atom. The van der Waals surface area contributed by atoms with Crippen molar-refractivity contribution >= 4 is 21.9 Å². The Bertz CT molecular complexity index is 479. The molecule has 1 heterocycles. The van der Waals surface area contributed by atoms with Crippen molar-refractivity contribution in [3.8, 4) is 0 Å². The molecule has 0 aliphatic heterocycles. The lowest BCUT2D eigenvalue weighted by Gasteiger charge is -2.02. The predicted octanol–water partition coefficient (Wildman–Crippen LogP) is 1.43. The highest BCUT2D eigenvalue weighted by Crippen LogP contribution is 2.02. The van der Waals surface area contributed by atoms with Crippen LogP contribution in [0.4, 0.5) is 0 Å². The number of hydrogen-bond donors (Lipinski definition) is 1. The smallest absolute Gasteiger partial charge is 0.331 e. The van der Waals surface area contributed by atoms with Crippen LogP contribution in [0.1, 0.15) is 13.3 Å². The van der Waals surface area contributed by atoms with Crippen molar-refractivity contribution < 1.29 is 9.90 Å². The van der Waals surface area contributed by atoms with Crippen LogP contribution in [0, 0.1) is 0 Å². The van der Waals surface area contributed by atoms with Crippen molar-refractivity contribution in [3.63, 3.8) is 0 Å². The van der Waals surface area contributed by atoms with E-state index in [1.165, 1.54) is 23.2 Å². The minimum atomic E-state index is -0.960. The van der Waals surface area contributed by atoms with Gasteiger partial charge in [-0.05, 0) is 22.4 Å². The number of aromatic nitrogens is 2. The lowest BCUT2D eigenvalue weighted by atomic mass is 10.2. The Kier molecular flexibility index (Phi) is 4.42. The number of hydrogen-bond acceptors (Lipinski definition) is 3. The molecular weight excluding hydrogens is 276 g/mol. The fourth-order valence-corrected chi connectivity index (χ4v) is 1.49. The number of carboxylic acids is 1. The second kappa shape index (κ2) is 5.60. The molecule has 0 saturated carbocycles. The third-order valence-corrected chi connectivity index (χ3v) is 2.59. The zero-order chi connectivity index (χ0) is 12.1. The fraction of sp³-hybridized carbons (Fsp3) is 0.300. The Hall–Kier alpha value is -1.43. The van der Waals surface area contributed by atoms with Gasteiger partial charge < -0.3 is 5.11 Å². The Morgan fingerprint density at radius 3 is 2.94 bits per heavy atom. The summed E-state index contributed by atoms with van der Waals surface area (Å²) in [4.78, 5) is 26.1. The molecule has 0 amide bonds. The van der Waals surface area contributed by atoms with Crippen LogP contribution in [0.3, 0.4) is 0 Å². The molecule has 0 bridgehead atoms. The number of rotatable bonds is 4. The fourth-order valence-electron chi connectivity index (χ4n) is 1.15. The van der Waals surface area contributed by atoms with E-state index >= 15 is 0 Å². The van der Waals surface area contributed by atoms with E-state index in [4.69, 9.17) is 5.11 Å². The summed E-state index contributed by atoms with van der Waals surface area (Å²) in [5.41, 5.74) is 0.0546. The lowest BCUT2D eigenvalue weighted by molar-refractivity contribution is -0.132. The molecular formula is C10H11BrN2O3. The van der Waals surface area contributed by atoms with Gasteiger partial charge in [-0.25, -0.2) is 9.78 Å². The maximum Gasteiger partial charge on any atom is 0.331 e. The van der Waals surface area contributed by atoms with Gasteiger partial charge in [0.2, 0.25) is 0 Å². The first kappa shape index (κ1) is 12.6. The molecule has 0 aliphatic rings. The predicted molar refractivity (Wildman–Crippen MR) is 62.2 cm³/mol. The van der Waals surface area contributed by atoms with Crippen molar-refractivity contribution in [1.82, 2.24) is 9.55 Å². The Balaban J connectivity index is 2.94. The number of carboxylic acid groups (broad SMARTS) is 1. The van der Waals surface area contributed by atoms with Gasteiger partial charge in [0.15, 0.2) is 0 Å². The van der Waals surface area contributed by atoms with Gasteiger partial charge in [0.25, 0.3) is 5.56 Å². The average molecular weight is 287 g/mol. The zero-order valence-corrected chi connectivity index (χ0v) is 10.3. The Morgan fingerprint density at radius 1 is 1.69 bits per heavy atom. The van der Waals surface area contributed by atoms with Crippen LogP contribution < -0.4 is 5.56 Å². The topological polar surface area (TPSA) is 72.2 Å². The van der Waals surface area contributed by atoms with E-state index in [2.05, 4.69) is 20.9 Å². The van der Waals surface area contributed by atoms with E-state index in [-0.39, 0.29) is 17.7 Å². The molecule has 1 aromatic rings. The summed E-state index contributed by atoms with van der Waals surface area (Å²) in [5, 5.41) is 8.79. The highest BCUT2D eigenvalue weighted by molar-refractivity contribution is 9.10. The van der Waals surface area contributed by atoms with Crippen molar-refractivity contribution in [2.24, 2.45) is 0 Å². The van der Waals surface area contributed by atoms with Crippen LogP contribution in [0.2, 0.25) is 0 Å². The maximum atomic E-state index is 11.5. The molecule has 1 N–H and O–H groups in total. The first-order chi connectivity index (χ1) is 7.56. The standard InChI is InChI=1S/C10H11BrN2O3/c1-2-7(10(15)16)3-4-13-6-12-5-8(11)9(13)14/h3,5-6H,2,4H2,1H3,(H,15,16). The molecule has 0 unspecified atom stereocenters. The summed E-state index contributed by atoms with van der Waals surface area (Å²) in [5.74, 6) is -0.960. The molecule has 0 aliphatic carbocycles. The minimum Gasteiger partial charge on any atom is -0.478 e. The minimum absolute atomic E-state index is 0.209.